The van der Waals surface area contributed by atoms with Crippen molar-refractivity contribution >= 4 is 39.3 Å². The van der Waals surface area contributed by atoms with Gasteiger partial charge in [0.1, 0.15) is 11.5 Å². The minimum absolute atomic E-state index is 0.243. The molecule has 0 fully saturated rings. The Morgan fingerprint density at radius 1 is 1.12 bits per heavy atom. The van der Waals surface area contributed by atoms with E-state index in [0.29, 0.717) is 32.1 Å². The van der Waals surface area contributed by atoms with Crippen LogP contribution in [0.1, 0.15) is 24.3 Å². The zero-order chi connectivity index (χ0) is 23.8. The number of hydrogen-bond donors (Lipinski definition) is 0. The van der Waals surface area contributed by atoms with Gasteiger partial charge in [-0.1, -0.05) is 69.7 Å². The fourth-order valence-electron chi connectivity index (χ4n) is 3.97. The molecular weight excluding hydrogens is 516 g/mol. The maximum atomic E-state index is 13.5. The minimum Gasteiger partial charge on any atom is -0.466 e. The number of nitrogens with zero attached hydrogens (tertiary/aromatic N) is 2. The minimum atomic E-state index is -0.623. The van der Waals surface area contributed by atoms with E-state index >= 15 is 0 Å². The van der Waals surface area contributed by atoms with E-state index in [4.69, 9.17) is 9.15 Å². The number of furan rings is 1. The Labute approximate surface area is 207 Å². The number of hydrogen-bond acceptors (Lipinski definition) is 6. The second-order valence-corrected chi connectivity index (χ2v) is 9.62. The number of allylic oxidation sites excluding steroid dienone is 1. The van der Waals surface area contributed by atoms with Crippen molar-refractivity contribution in [1.29, 1.82) is 0 Å². The van der Waals surface area contributed by atoms with E-state index in [1.165, 1.54) is 18.4 Å². The lowest BCUT2D eigenvalue weighted by atomic mass is 9.96. The summed E-state index contributed by atoms with van der Waals surface area (Å²) < 4.78 is 14.0. The number of carbonyl (C=O) groups excluding carboxylic acids is 1. The maximum absolute atomic E-state index is 13.5. The van der Waals surface area contributed by atoms with Crippen molar-refractivity contribution in [2.45, 2.75) is 13.0 Å². The quantitative estimate of drug-likeness (QED) is 0.363. The van der Waals surface area contributed by atoms with Gasteiger partial charge in [-0.2, -0.15) is 0 Å². The molecule has 1 aliphatic heterocycles. The van der Waals surface area contributed by atoms with E-state index in [9.17, 15) is 9.59 Å². The largest absolute Gasteiger partial charge is 0.466 e. The summed E-state index contributed by atoms with van der Waals surface area (Å²) in [6.45, 7) is 1.76. The average Bonchev–Trinajstić information content (AvgIpc) is 3.43. The van der Waals surface area contributed by atoms with Gasteiger partial charge in [0, 0.05) is 16.1 Å². The molecule has 8 heteroatoms. The normalized spacial score (nSPS) is 15.7. The van der Waals surface area contributed by atoms with Crippen molar-refractivity contribution in [2.75, 3.05) is 7.11 Å². The number of fused-ring (bicyclic) bond motifs is 1. The topological polar surface area (TPSA) is 73.8 Å². The molecule has 0 saturated carbocycles. The van der Waals surface area contributed by atoms with Gasteiger partial charge in [0.25, 0.3) is 5.56 Å². The molecule has 0 spiro atoms. The van der Waals surface area contributed by atoms with Gasteiger partial charge < -0.3 is 9.15 Å². The number of carbonyl (C=O) groups is 1. The van der Waals surface area contributed by atoms with E-state index in [1.807, 2.05) is 66.7 Å². The third-order valence-electron chi connectivity index (χ3n) is 5.57. The highest BCUT2D eigenvalue weighted by atomic mass is 79.9. The number of ether oxygens (including phenoxy) is 1. The summed E-state index contributed by atoms with van der Waals surface area (Å²) in [4.78, 5) is 31.3. The number of esters is 1. The highest BCUT2D eigenvalue weighted by Crippen LogP contribution is 2.30. The zero-order valence-corrected chi connectivity index (χ0v) is 20.7. The van der Waals surface area contributed by atoms with Crippen molar-refractivity contribution in [3.8, 4) is 11.3 Å². The summed E-state index contributed by atoms with van der Waals surface area (Å²) in [5, 5.41) is 0. The molecule has 0 amide bonds. The number of halogens is 1. The Balaban J connectivity index is 1.63. The first-order valence-electron chi connectivity index (χ1n) is 10.5. The summed E-state index contributed by atoms with van der Waals surface area (Å²) in [6, 6.07) is 20.3. The van der Waals surface area contributed by atoms with Gasteiger partial charge in [-0.15, -0.1) is 0 Å². The van der Waals surface area contributed by atoms with Crippen LogP contribution >= 0.6 is 27.3 Å². The third kappa shape index (κ3) is 3.99. The van der Waals surface area contributed by atoms with E-state index < -0.39 is 12.0 Å². The van der Waals surface area contributed by atoms with Gasteiger partial charge in [0.15, 0.2) is 4.80 Å². The molecule has 1 atom stereocenters. The number of rotatable bonds is 4. The number of methoxy groups -OCH3 is 1. The molecule has 2 aromatic carbocycles. The van der Waals surface area contributed by atoms with Crippen molar-refractivity contribution in [3.05, 3.63) is 113 Å². The SMILES string of the molecule is COC(=O)C1=C(C)N=c2s/c(=C\c3ccc(-c4ccc(Br)cc4)o3)c(=O)n2C1c1ccccc1. The van der Waals surface area contributed by atoms with Crippen LogP contribution in [0.4, 0.5) is 0 Å². The Morgan fingerprint density at radius 2 is 1.85 bits per heavy atom. The van der Waals surface area contributed by atoms with E-state index in [1.54, 1.807) is 17.6 Å². The zero-order valence-electron chi connectivity index (χ0n) is 18.3. The van der Waals surface area contributed by atoms with Crippen LogP contribution in [0, 0.1) is 0 Å². The molecule has 0 radical (unpaired) electrons. The van der Waals surface area contributed by atoms with Crippen LogP contribution in [0.15, 0.2) is 96.7 Å². The summed E-state index contributed by atoms with van der Waals surface area (Å²) in [5.74, 6) is 0.760. The first-order chi connectivity index (χ1) is 16.5. The molecule has 5 rings (SSSR count). The molecule has 0 bridgehead atoms. The molecule has 3 heterocycles. The number of thiazole rings is 1. The first-order valence-corrected chi connectivity index (χ1v) is 12.1. The van der Waals surface area contributed by atoms with Crippen molar-refractivity contribution in [1.82, 2.24) is 4.57 Å². The molecule has 6 nitrogen and oxygen atoms in total. The average molecular weight is 535 g/mol. The molecule has 1 aliphatic rings. The summed E-state index contributed by atoms with van der Waals surface area (Å²) >= 11 is 4.70. The van der Waals surface area contributed by atoms with Gasteiger partial charge >= 0.3 is 5.97 Å². The van der Waals surface area contributed by atoms with Gasteiger partial charge in [-0.3, -0.25) is 9.36 Å². The van der Waals surface area contributed by atoms with Crippen molar-refractivity contribution in [2.24, 2.45) is 4.99 Å². The molecule has 34 heavy (non-hydrogen) atoms. The molecule has 170 valence electrons. The molecule has 2 aromatic heterocycles. The van der Waals surface area contributed by atoms with Crippen LogP contribution in [-0.2, 0) is 9.53 Å². The molecular formula is C26H19BrN2O4S. The predicted molar refractivity (Wildman–Crippen MR) is 134 cm³/mol. The molecule has 1 unspecified atom stereocenters. The second kappa shape index (κ2) is 9.04. The summed E-state index contributed by atoms with van der Waals surface area (Å²) in [5.41, 5.74) is 2.38. The van der Waals surface area contributed by atoms with Crippen LogP contribution in [0.3, 0.4) is 0 Å². The molecule has 0 saturated heterocycles. The van der Waals surface area contributed by atoms with Gasteiger partial charge in [-0.05, 0) is 36.8 Å². The fourth-order valence-corrected chi connectivity index (χ4v) is 5.26. The standard InChI is InChI=1S/C26H19BrN2O4S/c1-15-22(25(31)32-2)23(17-6-4-3-5-7-17)29-24(30)21(34-26(29)28-15)14-19-12-13-20(33-19)16-8-10-18(27)11-9-16/h3-14,23H,1-2H3/b21-14-. The Bertz CT molecular complexity index is 1590. The Hall–Kier alpha value is -3.49. The Kier molecular flexibility index (Phi) is 5.93. The summed E-state index contributed by atoms with van der Waals surface area (Å²) in [7, 11) is 1.33. The lowest BCUT2D eigenvalue weighted by Gasteiger charge is -2.24. The third-order valence-corrected chi connectivity index (χ3v) is 7.08. The van der Waals surface area contributed by atoms with Gasteiger partial charge in [-0.25, -0.2) is 9.79 Å². The van der Waals surface area contributed by atoms with Gasteiger partial charge in [0.2, 0.25) is 0 Å². The summed E-state index contributed by atoms with van der Waals surface area (Å²) in [6.07, 6.45) is 1.71. The van der Waals surface area contributed by atoms with Crippen LogP contribution < -0.4 is 14.9 Å². The van der Waals surface area contributed by atoms with E-state index in [-0.39, 0.29) is 5.56 Å². The first kappa shape index (κ1) is 22.3. The highest BCUT2D eigenvalue weighted by molar-refractivity contribution is 9.10. The van der Waals surface area contributed by atoms with E-state index in [2.05, 4.69) is 20.9 Å². The predicted octanol–water partition coefficient (Wildman–Crippen LogP) is 4.43. The van der Waals surface area contributed by atoms with Gasteiger partial charge in [0.05, 0.1) is 29.0 Å². The smallest absolute Gasteiger partial charge is 0.338 e. The molecule has 4 aromatic rings. The highest BCUT2D eigenvalue weighted by Gasteiger charge is 2.32. The maximum Gasteiger partial charge on any atom is 0.338 e. The van der Waals surface area contributed by atoms with Crippen LogP contribution in [0.5, 0.6) is 0 Å². The van der Waals surface area contributed by atoms with Crippen LogP contribution in [0.25, 0.3) is 17.4 Å². The number of aromatic nitrogens is 1. The van der Waals surface area contributed by atoms with Crippen LogP contribution in [-0.4, -0.2) is 17.6 Å². The lowest BCUT2D eigenvalue weighted by molar-refractivity contribution is -0.136. The van der Waals surface area contributed by atoms with E-state index in [0.717, 1.165) is 15.6 Å². The van der Waals surface area contributed by atoms with Crippen LogP contribution in [0.2, 0.25) is 0 Å². The monoisotopic (exact) mass is 534 g/mol. The Morgan fingerprint density at radius 3 is 2.56 bits per heavy atom. The number of benzene rings is 2. The lowest BCUT2D eigenvalue weighted by Crippen LogP contribution is -2.39. The van der Waals surface area contributed by atoms with Crippen molar-refractivity contribution in [3.63, 3.8) is 0 Å². The van der Waals surface area contributed by atoms with Crippen molar-refractivity contribution < 1.29 is 13.9 Å². The molecule has 0 aliphatic carbocycles. The molecule has 0 N–H and O–H groups in total. The second-order valence-electron chi connectivity index (χ2n) is 7.69. The fraction of sp³-hybridized carbons (Fsp3) is 0.115.